The average Bonchev–Trinajstić information content (AvgIpc) is 3.17. The summed E-state index contributed by atoms with van der Waals surface area (Å²) in [6, 6.07) is 12.7. The summed E-state index contributed by atoms with van der Waals surface area (Å²) in [7, 11) is 2.00. The first-order valence-electron chi connectivity index (χ1n) is 12.5. The second-order valence-electron chi connectivity index (χ2n) is 9.30. The second-order valence-corrected chi connectivity index (χ2v) is 9.30. The van der Waals surface area contributed by atoms with Crippen LogP contribution >= 0.6 is 0 Å². The minimum Gasteiger partial charge on any atom is -0.466 e. The standard InChI is InChI=1S/C28H33N7O3/c1-4-38-25(36)13-16-35(23-7-5-6-15-31-23)27(37)20-12-14-28(2)22(17-20)33-24(34(28)3)18-32-21-10-8-19(9-11-21)26(29)30/h5-12,15,17,32H,4,13-14,16,18H2,1-3H3,(H3,29,30). The summed E-state index contributed by atoms with van der Waals surface area (Å²) >= 11 is 0. The van der Waals surface area contributed by atoms with E-state index in [0.29, 0.717) is 36.5 Å². The van der Waals surface area contributed by atoms with E-state index in [-0.39, 0.29) is 36.2 Å². The molecule has 4 rings (SSSR count). The number of amidine groups is 2. The molecule has 10 heteroatoms. The molecule has 1 aliphatic carbocycles. The highest BCUT2D eigenvalue weighted by Gasteiger charge is 2.42. The van der Waals surface area contributed by atoms with E-state index in [1.54, 1.807) is 43.5 Å². The maximum Gasteiger partial charge on any atom is 0.307 e. The Hall–Kier alpha value is -4.47. The van der Waals surface area contributed by atoms with Crippen LogP contribution in [0.4, 0.5) is 11.5 Å². The Balaban J connectivity index is 1.51. The van der Waals surface area contributed by atoms with E-state index in [1.165, 1.54) is 4.90 Å². The van der Waals surface area contributed by atoms with E-state index in [1.807, 2.05) is 31.3 Å². The SMILES string of the molecule is CCOC(=O)CCN(C(=O)C1=CCC2(C)C(=C1)N=C(CNc1ccc(C(=N)N)cc1)N2C)c1ccccn1. The Morgan fingerprint density at radius 2 is 2.00 bits per heavy atom. The van der Waals surface area contributed by atoms with Gasteiger partial charge in [-0.25, -0.2) is 9.98 Å². The second kappa shape index (κ2) is 11.3. The van der Waals surface area contributed by atoms with Crippen molar-refractivity contribution in [2.24, 2.45) is 10.7 Å². The fourth-order valence-electron chi connectivity index (χ4n) is 4.42. The van der Waals surface area contributed by atoms with Crippen molar-refractivity contribution in [1.82, 2.24) is 9.88 Å². The third kappa shape index (κ3) is 5.59. The molecule has 2 aliphatic rings. The number of rotatable bonds is 10. The topological polar surface area (TPSA) is 137 Å². The molecule has 0 fully saturated rings. The first kappa shape index (κ1) is 26.6. The van der Waals surface area contributed by atoms with Crippen molar-refractivity contribution in [3.63, 3.8) is 0 Å². The van der Waals surface area contributed by atoms with Gasteiger partial charge in [-0.15, -0.1) is 0 Å². The number of nitrogen functional groups attached to an aromatic ring is 1. The number of hydrogen-bond acceptors (Lipinski definition) is 8. The lowest BCUT2D eigenvalue weighted by Crippen LogP contribution is -2.46. The number of nitrogens with one attached hydrogen (secondary N) is 2. The van der Waals surface area contributed by atoms with Crippen LogP contribution in [0.15, 0.2) is 77.1 Å². The Morgan fingerprint density at radius 1 is 1.24 bits per heavy atom. The maximum absolute atomic E-state index is 13.6. The van der Waals surface area contributed by atoms with Gasteiger partial charge in [-0.1, -0.05) is 12.1 Å². The van der Waals surface area contributed by atoms with Crippen LogP contribution < -0.4 is 16.0 Å². The van der Waals surface area contributed by atoms with Crippen molar-refractivity contribution in [2.45, 2.75) is 32.2 Å². The van der Waals surface area contributed by atoms with Crippen LogP contribution in [0.2, 0.25) is 0 Å². The number of nitrogens with two attached hydrogens (primary N) is 1. The smallest absolute Gasteiger partial charge is 0.307 e. The van der Waals surface area contributed by atoms with Crippen molar-refractivity contribution in [1.29, 1.82) is 5.41 Å². The number of aliphatic imine (C=N–C) groups is 1. The van der Waals surface area contributed by atoms with Gasteiger partial charge >= 0.3 is 5.97 Å². The highest BCUT2D eigenvalue weighted by molar-refractivity contribution is 6.08. The molecular weight excluding hydrogens is 482 g/mol. The number of fused-ring (bicyclic) bond motifs is 1. The van der Waals surface area contributed by atoms with Gasteiger partial charge < -0.3 is 20.7 Å². The van der Waals surface area contributed by atoms with Crippen molar-refractivity contribution in [3.8, 4) is 0 Å². The zero-order chi connectivity index (χ0) is 27.3. The number of benzene rings is 1. The van der Waals surface area contributed by atoms with Gasteiger partial charge in [0, 0.05) is 36.6 Å². The molecule has 2 heterocycles. The molecule has 10 nitrogen and oxygen atoms in total. The molecule has 1 aromatic heterocycles. The van der Waals surface area contributed by atoms with Crippen LogP contribution in [0.3, 0.4) is 0 Å². The lowest BCUT2D eigenvalue weighted by atomic mass is 9.86. The normalized spacial score (nSPS) is 18.1. The Bertz CT molecular complexity index is 1300. The molecule has 1 unspecified atom stereocenters. The molecule has 1 aromatic carbocycles. The number of hydrogen-bond donors (Lipinski definition) is 3. The van der Waals surface area contributed by atoms with Crippen molar-refractivity contribution >= 4 is 35.1 Å². The van der Waals surface area contributed by atoms with Crippen LogP contribution in [0, 0.1) is 5.41 Å². The van der Waals surface area contributed by atoms with E-state index in [9.17, 15) is 9.59 Å². The number of carbonyl (C=O) groups is 2. The monoisotopic (exact) mass is 515 g/mol. The maximum atomic E-state index is 13.6. The predicted molar refractivity (Wildman–Crippen MR) is 148 cm³/mol. The van der Waals surface area contributed by atoms with Gasteiger partial charge in [-0.05, 0) is 62.7 Å². The van der Waals surface area contributed by atoms with Gasteiger partial charge in [-0.3, -0.25) is 19.9 Å². The fraction of sp³-hybridized carbons (Fsp3) is 0.321. The summed E-state index contributed by atoms with van der Waals surface area (Å²) in [5.74, 6) is 0.751. The van der Waals surface area contributed by atoms with Crippen molar-refractivity contribution in [3.05, 3.63) is 77.6 Å². The van der Waals surface area contributed by atoms with E-state index >= 15 is 0 Å². The number of likely N-dealkylation sites (N-methyl/N-ethyl adjacent to an activating group) is 1. The van der Waals surface area contributed by atoms with E-state index in [4.69, 9.17) is 20.9 Å². The summed E-state index contributed by atoms with van der Waals surface area (Å²) in [4.78, 5) is 38.5. The molecule has 1 atom stereocenters. The van der Waals surface area contributed by atoms with E-state index in [0.717, 1.165) is 17.2 Å². The Labute approximate surface area is 222 Å². The van der Waals surface area contributed by atoms with Crippen molar-refractivity contribution in [2.75, 3.05) is 37.0 Å². The molecule has 0 radical (unpaired) electrons. The highest BCUT2D eigenvalue weighted by Crippen LogP contribution is 2.39. The van der Waals surface area contributed by atoms with Gasteiger partial charge in [0.1, 0.15) is 17.5 Å². The van der Waals surface area contributed by atoms with E-state index < -0.39 is 0 Å². The van der Waals surface area contributed by atoms with Crippen LogP contribution in [0.1, 0.15) is 32.3 Å². The lowest BCUT2D eigenvalue weighted by molar-refractivity contribution is -0.142. The molecule has 0 saturated carbocycles. The summed E-state index contributed by atoms with van der Waals surface area (Å²) in [6.45, 7) is 4.80. The zero-order valence-corrected chi connectivity index (χ0v) is 21.9. The fourth-order valence-corrected chi connectivity index (χ4v) is 4.42. The summed E-state index contributed by atoms with van der Waals surface area (Å²) < 4.78 is 5.05. The molecule has 2 aromatic rings. The van der Waals surface area contributed by atoms with Gasteiger partial charge in [0.15, 0.2) is 0 Å². The minimum atomic E-state index is -0.375. The number of nitrogens with zero attached hydrogens (tertiary/aromatic N) is 4. The molecule has 1 amide bonds. The zero-order valence-electron chi connectivity index (χ0n) is 21.9. The molecule has 1 aliphatic heterocycles. The lowest BCUT2D eigenvalue weighted by Gasteiger charge is -2.36. The summed E-state index contributed by atoms with van der Waals surface area (Å²) in [5.41, 5.74) is 8.04. The number of ether oxygens (including phenoxy) is 1. The largest absolute Gasteiger partial charge is 0.466 e. The molecule has 4 N–H and O–H groups in total. The molecule has 38 heavy (non-hydrogen) atoms. The summed E-state index contributed by atoms with van der Waals surface area (Å²) in [6.07, 6.45) is 6.05. The first-order valence-corrected chi connectivity index (χ1v) is 12.5. The minimum absolute atomic E-state index is 0.0285. The molecular formula is C28H33N7O3. The van der Waals surface area contributed by atoms with Gasteiger partial charge in [0.05, 0.1) is 30.8 Å². The van der Waals surface area contributed by atoms with Crippen LogP contribution in [-0.2, 0) is 14.3 Å². The van der Waals surface area contributed by atoms with Crippen LogP contribution in [0.5, 0.6) is 0 Å². The Kier molecular flexibility index (Phi) is 7.90. The van der Waals surface area contributed by atoms with E-state index in [2.05, 4.69) is 22.1 Å². The quantitative estimate of drug-likeness (QED) is 0.251. The molecule has 0 saturated heterocycles. The molecule has 0 spiro atoms. The van der Waals surface area contributed by atoms with Crippen LogP contribution in [-0.4, -0.2) is 65.7 Å². The highest BCUT2D eigenvalue weighted by atomic mass is 16.5. The van der Waals surface area contributed by atoms with Gasteiger partial charge in [0.25, 0.3) is 5.91 Å². The molecule has 0 bridgehead atoms. The first-order chi connectivity index (χ1) is 18.2. The number of anilines is 2. The third-order valence-electron chi connectivity index (χ3n) is 6.85. The van der Waals surface area contributed by atoms with Crippen LogP contribution in [0.25, 0.3) is 0 Å². The van der Waals surface area contributed by atoms with Gasteiger partial charge in [0.2, 0.25) is 0 Å². The number of aromatic nitrogens is 1. The Morgan fingerprint density at radius 3 is 2.66 bits per heavy atom. The molecule has 198 valence electrons. The number of esters is 1. The average molecular weight is 516 g/mol. The third-order valence-corrected chi connectivity index (χ3v) is 6.85. The van der Waals surface area contributed by atoms with Crippen molar-refractivity contribution < 1.29 is 14.3 Å². The summed E-state index contributed by atoms with van der Waals surface area (Å²) in [5, 5.41) is 10.9. The number of amides is 1. The van der Waals surface area contributed by atoms with Gasteiger partial charge in [-0.2, -0.15) is 0 Å². The number of pyridine rings is 1. The number of carbonyl (C=O) groups excluding carboxylic acids is 2. The predicted octanol–water partition coefficient (Wildman–Crippen LogP) is 3.08.